The van der Waals surface area contributed by atoms with Crippen molar-refractivity contribution in [3.05, 3.63) is 34.3 Å². The normalized spacial score (nSPS) is 10.7. The molecule has 2 aromatic rings. The van der Waals surface area contributed by atoms with Crippen LogP contribution in [-0.4, -0.2) is 21.5 Å². The van der Waals surface area contributed by atoms with E-state index in [9.17, 15) is 0 Å². The number of hydrogen-bond donors (Lipinski definition) is 1. The minimum Gasteiger partial charge on any atom is -0.311 e. The van der Waals surface area contributed by atoms with Crippen molar-refractivity contribution in [1.29, 1.82) is 0 Å². The zero-order valence-electron chi connectivity index (χ0n) is 8.68. The molecule has 0 atom stereocenters. The molecule has 0 saturated carbocycles. The molecule has 80 valence electrons. The van der Waals surface area contributed by atoms with Crippen LogP contribution in [0.15, 0.2) is 23.7 Å². The molecule has 0 saturated heterocycles. The van der Waals surface area contributed by atoms with Crippen LogP contribution >= 0.6 is 11.3 Å². The second-order valence-corrected chi connectivity index (χ2v) is 4.39. The molecule has 2 heterocycles. The smallest absolute Gasteiger partial charge is 0.0738 e. The summed E-state index contributed by atoms with van der Waals surface area (Å²) in [5.74, 6) is 0. The fourth-order valence-electron chi connectivity index (χ4n) is 1.35. The molecule has 0 unspecified atom stereocenters. The van der Waals surface area contributed by atoms with E-state index in [2.05, 4.69) is 33.1 Å². The van der Waals surface area contributed by atoms with Gasteiger partial charge >= 0.3 is 0 Å². The summed E-state index contributed by atoms with van der Waals surface area (Å²) in [6.07, 6.45) is 2.88. The molecule has 5 heteroatoms. The minimum absolute atomic E-state index is 0.828. The average molecular weight is 222 g/mol. The van der Waals surface area contributed by atoms with Crippen LogP contribution in [0.1, 0.15) is 10.6 Å². The highest BCUT2D eigenvalue weighted by atomic mass is 32.1. The third kappa shape index (κ3) is 2.87. The van der Waals surface area contributed by atoms with E-state index >= 15 is 0 Å². The van der Waals surface area contributed by atoms with Crippen LogP contribution < -0.4 is 5.32 Å². The van der Waals surface area contributed by atoms with Crippen molar-refractivity contribution in [3.8, 4) is 0 Å². The molecule has 15 heavy (non-hydrogen) atoms. The van der Waals surface area contributed by atoms with Gasteiger partial charge in [0.05, 0.1) is 11.9 Å². The van der Waals surface area contributed by atoms with Crippen LogP contribution in [0, 0.1) is 0 Å². The molecule has 0 bridgehead atoms. The number of hydrogen-bond acceptors (Lipinski definition) is 4. The standard InChI is InChI=1S/C10H14N4S/c1-14-9(8-12-13-14)7-11-5-4-10-3-2-6-15-10/h2-3,6,8,11H,4-5,7H2,1H3. The molecule has 2 rings (SSSR count). The molecule has 0 spiro atoms. The minimum atomic E-state index is 0.828. The summed E-state index contributed by atoms with van der Waals surface area (Å²) < 4.78 is 1.79. The molecule has 0 radical (unpaired) electrons. The van der Waals surface area contributed by atoms with E-state index in [1.54, 1.807) is 22.2 Å². The van der Waals surface area contributed by atoms with Gasteiger partial charge in [-0.2, -0.15) is 0 Å². The summed E-state index contributed by atoms with van der Waals surface area (Å²) >= 11 is 1.80. The van der Waals surface area contributed by atoms with E-state index in [-0.39, 0.29) is 0 Å². The summed E-state index contributed by atoms with van der Waals surface area (Å²) in [7, 11) is 1.91. The number of rotatable bonds is 5. The maximum Gasteiger partial charge on any atom is 0.0738 e. The second kappa shape index (κ2) is 5.04. The fraction of sp³-hybridized carbons (Fsp3) is 0.400. The van der Waals surface area contributed by atoms with Crippen LogP contribution in [0.2, 0.25) is 0 Å². The van der Waals surface area contributed by atoms with Gasteiger partial charge in [0.1, 0.15) is 0 Å². The lowest BCUT2D eigenvalue weighted by molar-refractivity contribution is 0.618. The number of thiophene rings is 1. The predicted octanol–water partition coefficient (Wildman–Crippen LogP) is 1.21. The Morgan fingerprint density at radius 2 is 2.47 bits per heavy atom. The lowest BCUT2D eigenvalue weighted by Crippen LogP contribution is -2.18. The highest BCUT2D eigenvalue weighted by molar-refractivity contribution is 7.09. The van der Waals surface area contributed by atoms with Gasteiger partial charge in [0.25, 0.3) is 0 Å². The Kier molecular flexibility index (Phi) is 3.47. The van der Waals surface area contributed by atoms with Crippen LogP contribution in [0.5, 0.6) is 0 Å². The Balaban J connectivity index is 1.70. The monoisotopic (exact) mass is 222 g/mol. The Labute approximate surface area is 92.9 Å². The van der Waals surface area contributed by atoms with Gasteiger partial charge in [0.15, 0.2) is 0 Å². The fourth-order valence-corrected chi connectivity index (χ4v) is 2.06. The van der Waals surface area contributed by atoms with Gasteiger partial charge in [-0.15, -0.1) is 16.4 Å². The van der Waals surface area contributed by atoms with Gasteiger partial charge in [-0.1, -0.05) is 11.3 Å². The maximum absolute atomic E-state index is 3.87. The number of nitrogens with zero attached hydrogens (tertiary/aromatic N) is 3. The number of aryl methyl sites for hydroxylation is 1. The average Bonchev–Trinajstić information content (AvgIpc) is 2.85. The van der Waals surface area contributed by atoms with Crippen LogP contribution in [0.25, 0.3) is 0 Å². The van der Waals surface area contributed by atoms with Crippen molar-refractivity contribution in [2.75, 3.05) is 6.54 Å². The first-order chi connectivity index (χ1) is 7.36. The highest BCUT2D eigenvalue weighted by Gasteiger charge is 1.98. The van der Waals surface area contributed by atoms with E-state index in [0.29, 0.717) is 0 Å². The lowest BCUT2D eigenvalue weighted by atomic mass is 10.3. The molecular formula is C10H14N4S. The Bertz CT molecular complexity index is 393. The molecule has 2 aromatic heterocycles. The SMILES string of the molecule is Cn1nncc1CNCCc1cccs1. The largest absolute Gasteiger partial charge is 0.311 e. The van der Waals surface area contributed by atoms with Gasteiger partial charge in [-0.05, 0) is 17.9 Å². The van der Waals surface area contributed by atoms with Gasteiger partial charge in [0, 0.05) is 25.0 Å². The molecule has 0 aromatic carbocycles. The van der Waals surface area contributed by atoms with Crippen LogP contribution in [0.3, 0.4) is 0 Å². The first-order valence-corrected chi connectivity index (χ1v) is 5.81. The molecule has 0 aliphatic rings. The molecule has 4 nitrogen and oxygen atoms in total. The van der Waals surface area contributed by atoms with Crippen molar-refractivity contribution in [2.45, 2.75) is 13.0 Å². The maximum atomic E-state index is 3.87. The van der Waals surface area contributed by atoms with Crippen molar-refractivity contribution in [2.24, 2.45) is 7.05 Å². The number of nitrogens with one attached hydrogen (secondary N) is 1. The first kappa shape index (κ1) is 10.3. The quantitative estimate of drug-likeness (QED) is 0.773. The Morgan fingerprint density at radius 1 is 1.53 bits per heavy atom. The van der Waals surface area contributed by atoms with E-state index in [0.717, 1.165) is 25.2 Å². The highest BCUT2D eigenvalue weighted by Crippen LogP contribution is 2.08. The molecule has 0 fully saturated rings. The van der Waals surface area contributed by atoms with Gasteiger partial charge in [0.2, 0.25) is 0 Å². The second-order valence-electron chi connectivity index (χ2n) is 3.36. The van der Waals surface area contributed by atoms with E-state index in [1.807, 2.05) is 7.05 Å². The van der Waals surface area contributed by atoms with E-state index < -0.39 is 0 Å². The zero-order chi connectivity index (χ0) is 10.5. The molecule has 0 amide bonds. The third-order valence-electron chi connectivity index (χ3n) is 2.24. The van der Waals surface area contributed by atoms with Crippen molar-refractivity contribution >= 4 is 11.3 Å². The van der Waals surface area contributed by atoms with Crippen molar-refractivity contribution < 1.29 is 0 Å². The lowest BCUT2D eigenvalue weighted by Gasteiger charge is -2.02. The summed E-state index contributed by atoms with van der Waals surface area (Å²) in [6.45, 7) is 1.82. The molecular weight excluding hydrogens is 208 g/mol. The van der Waals surface area contributed by atoms with Crippen LogP contribution in [0.4, 0.5) is 0 Å². The van der Waals surface area contributed by atoms with Gasteiger partial charge in [-0.3, -0.25) is 4.68 Å². The Morgan fingerprint density at radius 3 is 3.13 bits per heavy atom. The van der Waals surface area contributed by atoms with Crippen molar-refractivity contribution in [1.82, 2.24) is 20.3 Å². The first-order valence-electron chi connectivity index (χ1n) is 4.93. The molecule has 0 aliphatic heterocycles. The summed E-state index contributed by atoms with van der Waals surface area (Å²) in [6, 6.07) is 4.25. The van der Waals surface area contributed by atoms with E-state index in [1.165, 1.54) is 4.88 Å². The zero-order valence-corrected chi connectivity index (χ0v) is 9.50. The molecule has 0 aliphatic carbocycles. The van der Waals surface area contributed by atoms with Gasteiger partial charge in [-0.25, -0.2) is 0 Å². The van der Waals surface area contributed by atoms with Gasteiger partial charge < -0.3 is 5.32 Å². The third-order valence-corrected chi connectivity index (χ3v) is 3.18. The van der Waals surface area contributed by atoms with E-state index in [4.69, 9.17) is 0 Å². The summed E-state index contributed by atoms with van der Waals surface area (Å²) in [5, 5.41) is 13.2. The topological polar surface area (TPSA) is 42.7 Å². The number of aromatic nitrogens is 3. The molecule has 1 N–H and O–H groups in total. The Hall–Kier alpha value is -1.20. The van der Waals surface area contributed by atoms with Crippen molar-refractivity contribution in [3.63, 3.8) is 0 Å². The summed E-state index contributed by atoms with van der Waals surface area (Å²) in [5.41, 5.74) is 1.11. The predicted molar refractivity (Wildman–Crippen MR) is 60.7 cm³/mol. The van der Waals surface area contributed by atoms with Crippen LogP contribution in [-0.2, 0) is 20.0 Å². The summed E-state index contributed by atoms with van der Waals surface area (Å²) in [4.78, 5) is 1.42.